The topological polar surface area (TPSA) is 17.1 Å². The summed E-state index contributed by atoms with van der Waals surface area (Å²) in [4.78, 5) is 0. The van der Waals surface area contributed by atoms with Crippen LogP contribution in [0.5, 0.6) is 0 Å². The summed E-state index contributed by atoms with van der Waals surface area (Å²) < 4.78 is 8.25. The molecule has 0 heterocycles. The summed E-state index contributed by atoms with van der Waals surface area (Å²) in [7, 11) is 0. The van der Waals surface area contributed by atoms with Crippen LogP contribution in [0.2, 0.25) is 0 Å². The third kappa shape index (κ3) is 9.20. The summed E-state index contributed by atoms with van der Waals surface area (Å²) in [6.45, 7) is 0. The predicted octanol–water partition coefficient (Wildman–Crippen LogP) is -1.04. The second-order valence-corrected chi connectivity index (χ2v) is 0. The van der Waals surface area contributed by atoms with Crippen LogP contribution in [0.4, 0.5) is 0 Å². The molecule has 0 fully saturated rings. The van der Waals surface area contributed by atoms with Gasteiger partial charge in [0.25, 0.3) is 0 Å². The normalized spacial score (nSPS) is 0.750. The number of rotatable bonds is 0. The van der Waals surface area contributed by atoms with Gasteiger partial charge in [0.15, 0.2) is 0 Å². The van der Waals surface area contributed by atoms with Crippen molar-refractivity contribution in [2.75, 3.05) is 0 Å². The van der Waals surface area contributed by atoms with Crippen LogP contribution >= 0.6 is 0 Å². The van der Waals surface area contributed by atoms with Gasteiger partial charge >= 0.3 is 46.8 Å². The SMILES string of the molecule is [MgH2].[Mn].[O]=[Ti]. The van der Waals surface area contributed by atoms with E-state index >= 15 is 0 Å². The van der Waals surface area contributed by atoms with E-state index in [0.29, 0.717) is 0 Å². The second-order valence-electron chi connectivity index (χ2n) is 0. The predicted molar refractivity (Wildman–Crippen MR) is 9.23 cm³/mol. The van der Waals surface area contributed by atoms with Gasteiger partial charge in [-0.2, -0.15) is 0 Å². The van der Waals surface area contributed by atoms with E-state index in [9.17, 15) is 0 Å². The molecule has 4 heavy (non-hydrogen) atoms. The zero-order valence-corrected chi connectivity index (χ0v) is 4.03. The molecule has 0 aliphatic carbocycles. The first-order valence-electron chi connectivity index (χ1n) is 0.204. The van der Waals surface area contributed by atoms with Crippen LogP contribution in [-0.2, 0) is 40.8 Å². The molecule has 0 aromatic heterocycles. The molecule has 1 radical (unpaired) electrons. The molecule has 0 aromatic rings. The van der Waals surface area contributed by atoms with Crippen LogP contribution in [0.25, 0.3) is 0 Å². The molecule has 0 spiro atoms. The average Bonchev–Trinajstić information content (AvgIpc) is 1.00. The Morgan fingerprint density at radius 1 is 1.25 bits per heavy atom. The van der Waals surface area contributed by atoms with Gasteiger partial charge in [0.1, 0.15) is 0 Å². The Hall–Kier alpha value is 1.80. The van der Waals surface area contributed by atoms with Crippen molar-refractivity contribution in [2.24, 2.45) is 0 Å². The van der Waals surface area contributed by atoms with Crippen molar-refractivity contribution in [2.45, 2.75) is 0 Å². The van der Waals surface area contributed by atoms with Gasteiger partial charge in [-0.15, -0.1) is 0 Å². The monoisotopic (exact) mass is 145 g/mol. The maximum atomic E-state index is 8.25. The van der Waals surface area contributed by atoms with Crippen LogP contribution < -0.4 is 0 Å². The molecule has 4 heteroatoms. The molecule has 0 aliphatic rings. The van der Waals surface area contributed by atoms with E-state index in [-0.39, 0.29) is 40.1 Å². The molecule has 21 valence electrons. The molecule has 1 nitrogen and oxygen atoms in total. The third-order valence-electron chi connectivity index (χ3n) is 0. The van der Waals surface area contributed by atoms with E-state index in [0.717, 1.165) is 20.4 Å². The van der Waals surface area contributed by atoms with Gasteiger partial charge in [-0.1, -0.05) is 0 Å². The summed E-state index contributed by atoms with van der Waals surface area (Å²) >= 11 is 0.750. The fourth-order valence-corrected chi connectivity index (χ4v) is 0. The molecule has 0 amide bonds. The summed E-state index contributed by atoms with van der Waals surface area (Å²) in [5.41, 5.74) is 0. The summed E-state index contributed by atoms with van der Waals surface area (Å²) in [5.74, 6) is 0. The first-order valence-corrected chi connectivity index (χ1v) is 0.842. The van der Waals surface area contributed by atoms with Crippen molar-refractivity contribution < 1.29 is 40.8 Å². The van der Waals surface area contributed by atoms with Gasteiger partial charge in [-0.3, -0.25) is 0 Å². The average molecular weight is 145 g/mol. The van der Waals surface area contributed by atoms with E-state index in [2.05, 4.69) is 0 Å². The summed E-state index contributed by atoms with van der Waals surface area (Å²) in [5, 5.41) is 0. The van der Waals surface area contributed by atoms with E-state index in [1.54, 1.807) is 0 Å². The van der Waals surface area contributed by atoms with Gasteiger partial charge in [-0.25, -0.2) is 0 Å². The molecule has 0 bridgehead atoms. The number of hydrogen-bond donors (Lipinski definition) is 0. The molecule has 0 saturated heterocycles. The fourth-order valence-electron chi connectivity index (χ4n) is 0. The van der Waals surface area contributed by atoms with Gasteiger partial charge in [0, 0.05) is 17.1 Å². The van der Waals surface area contributed by atoms with Crippen LogP contribution in [-0.4, -0.2) is 23.1 Å². The Kier molecular flexibility index (Phi) is 91.2. The van der Waals surface area contributed by atoms with Crippen molar-refractivity contribution in [3.8, 4) is 0 Å². The standard InChI is InChI=1S/Mg.Mn.O.Ti.2H. The van der Waals surface area contributed by atoms with Gasteiger partial charge in [0.2, 0.25) is 0 Å². The second kappa shape index (κ2) is 21.4. The van der Waals surface area contributed by atoms with Crippen molar-refractivity contribution in [1.82, 2.24) is 0 Å². The van der Waals surface area contributed by atoms with E-state index in [1.807, 2.05) is 0 Å². The van der Waals surface area contributed by atoms with Crippen LogP contribution in [0.15, 0.2) is 0 Å². The molecule has 0 saturated carbocycles. The van der Waals surface area contributed by atoms with Crippen LogP contribution in [0.1, 0.15) is 0 Å². The zero-order chi connectivity index (χ0) is 2.00. The molecule has 0 rings (SSSR count). The Bertz CT molecular complexity index is 8.00. The fraction of sp³-hybridized carbons (Fsp3) is 0. The molecule has 0 atom stereocenters. The first kappa shape index (κ1) is 17.0. The first-order chi connectivity index (χ1) is 1.00. The Labute approximate surface area is 63.3 Å². The third-order valence-corrected chi connectivity index (χ3v) is 0. The van der Waals surface area contributed by atoms with Crippen molar-refractivity contribution in [1.29, 1.82) is 0 Å². The van der Waals surface area contributed by atoms with Crippen LogP contribution in [0, 0.1) is 0 Å². The van der Waals surface area contributed by atoms with Crippen molar-refractivity contribution >= 4 is 23.1 Å². The Morgan fingerprint density at radius 2 is 1.25 bits per heavy atom. The minimum absolute atomic E-state index is 0. The van der Waals surface area contributed by atoms with Gasteiger partial charge < -0.3 is 0 Å². The molecule has 0 N–H and O–H groups in total. The van der Waals surface area contributed by atoms with Crippen molar-refractivity contribution in [3.05, 3.63) is 0 Å². The Balaban J connectivity index is -0.00000000500. The zero-order valence-electron chi connectivity index (χ0n) is 1.29. The van der Waals surface area contributed by atoms with Crippen LogP contribution in [0.3, 0.4) is 0 Å². The van der Waals surface area contributed by atoms with Gasteiger partial charge in [0.05, 0.1) is 0 Å². The van der Waals surface area contributed by atoms with Crippen molar-refractivity contribution in [3.63, 3.8) is 0 Å². The summed E-state index contributed by atoms with van der Waals surface area (Å²) in [6.07, 6.45) is 0. The number of hydrogen-bond acceptors (Lipinski definition) is 1. The van der Waals surface area contributed by atoms with Gasteiger partial charge in [-0.05, 0) is 0 Å². The van der Waals surface area contributed by atoms with E-state index < -0.39 is 0 Å². The molecule has 0 unspecified atom stereocenters. The van der Waals surface area contributed by atoms with E-state index in [1.165, 1.54) is 0 Å². The molecule has 0 aliphatic heterocycles. The molecule has 0 aromatic carbocycles. The maximum absolute atomic E-state index is 8.25. The molecular formula is H2MgMnOTi. The summed E-state index contributed by atoms with van der Waals surface area (Å²) in [6, 6.07) is 0. The Morgan fingerprint density at radius 3 is 1.25 bits per heavy atom. The molecular weight excluding hydrogens is 143 g/mol. The minimum atomic E-state index is 0. The van der Waals surface area contributed by atoms with E-state index in [4.69, 9.17) is 3.32 Å². The quantitative estimate of drug-likeness (QED) is 0.398.